The van der Waals surface area contributed by atoms with Crippen molar-refractivity contribution in [2.45, 2.75) is 31.9 Å². The molecule has 0 radical (unpaired) electrons. The molecule has 0 unspecified atom stereocenters. The summed E-state index contributed by atoms with van der Waals surface area (Å²) in [5.74, 6) is 0.172. The summed E-state index contributed by atoms with van der Waals surface area (Å²) in [6.07, 6.45) is 2.80. The highest BCUT2D eigenvalue weighted by molar-refractivity contribution is 7.07. The van der Waals surface area contributed by atoms with Crippen molar-refractivity contribution >= 4 is 17.2 Å². The van der Waals surface area contributed by atoms with Crippen molar-refractivity contribution in [2.75, 3.05) is 19.8 Å². The number of carbonyl (C=O) groups is 1. The zero-order valence-corrected chi connectivity index (χ0v) is 18.2. The first-order valence-corrected chi connectivity index (χ1v) is 11.5. The van der Waals surface area contributed by atoms with Gasteiger partial charge in [-0.2, -0.15) is 11.3 Å². The first-order valence-electron chi connectivity index (χ1n) is 10.6. The molecule has 1 aliphatic rings. The topological polar surface area (TPSA) is 38.8 Å². The van der Waals surface area contributed by atoms with E-state index in [1.165, 1.54) is 17.7 Å². The standard InChI is InChI=1S/C25H26FNO3S/c26-22-6-2-5-21(15-22)25(28)27(17-24-8-3-11-29-24)16-20-4-1-7-23(14-20)30-12-9-19-10-13-31-18-19/h1-2,4-7,10,13-15,18,24H,3,8-9,11-12,16-17H2/t24-/m1/s1. The molecule has 1 atom stereocenters. The Hall–Kier alpha value is -2.70. The molecule has 1 fully saturated rings. The predicted molar refractivity (Wildman–Crippen MR) is 120 cm³/mol. The number of nitrogens with zero attached hydrogens (tertiary/aromatic N) is 1. The molecule has 162 valence electrons. The first kappa shape index (κ1) is 21.5. The molecule has 1 amide bonds. The summed E-state index contributed by atoms with van der Waals surface area (Å²) in [5.41, 5.74) is 2.58. The third-order valence-electron chi connectivity index (χ3n) is 5.32. The van der Waals surface area contributed by atoms with Crippen molar-refractivity contribution in [3.05, 3.63) is 87.9 Å². The van der Waals surface area contributed by atoms with Crippen LogP contribution < -0.4 is 4.74 Å². The summed E-state index contributed by atoms with van der Waals surface area (Å²) in [6.45, 7) is 2.22. The maximum absolute atomic E-state index is 13.7. The number of halogens is 1. The lowest BCUT2D eigenvalue weighted by Gasteiger charge is -2.26. The third kappa shape index (κ3) is 6.15. The van der Waals surface area contributed by atoms with Crippen LogP contribution in [0.25, 0.3) is 0 Å². The lowest BCUT2D eigenvalue weighted by atomic mass is 10.1. The van der Waals surface area contributed by atoms with E-state index in [1.807, 2.05) is 24.3 Å². The summed E-state index contributed by atoms with van der Waals surface area (Å²) >= 11 is 1.68. The number of benzene rings is 2. The molecule has 6 heteroatoms. The molecule has 2 aromatic carbocycles. The average molecular weight is 440 g/mol. The van der Waals surface area contributed by atoms with Gasteiger partial charge in [0.15, 0.2) is 0 Å². The van der Waals surface area contributed by atoms with Gasteiger partial charge in [-0.15, -0.1) is 0 Å². The Morgan fingerprint density at radius 3 is 2.84 bits per heavy atom. The Morgan fingerprint density at radius 1 is 1.16 bits per heavy atom. The van der Waals surface area contributed by atoms with Gasteiger partial charge in [0.05, 0.1) is 12.7 Å². The quantitative estimate of drug-likeness (QED) is 0.452. The first-order chi connectivity index (χ1) is 15.2. The van der Waals surface area contributed by atoms with E-state index in [4.69, 9.17) is 9.47 Å². The highest BCUT2D eigenvalue weighted by Crippen LogP contribution is 2.20. The van der Waals surface area contributed by atoms with Crippen LogP contribution in [-0.2, 0) is 17.7 Å². The van der Waals surface area contributed by atoms with E-state index in [0.717, 1.165) is 37.2 Å². The molecule has 0 N–H and O–H groups in total. The van der Waals surface area contributed by atoms with Crippen LogP contribution in [0.1, 0.15) is 34.3 Å². The van der Waals surface area contributed by atoms with Crippen LogP contribution in [0.4, 0.5) is 4.39 Å². The Kier molecular flexibility index (Phi) is 7.33. The Labute approximate surface area is 186 Å². The molecule has 31 heavy (non-hydrogen) atoms. The number of rotatable bonds is 9. The lowest BCUT2D eigenvalue weighted by Crippen LogP contribution is -2.37. The molecule has 0 saturated carbocycles. The summed E-state index contributed by atoms with van der Waals surface area (Å²) in [5, 5.41) is 4.19. The van der Waals surface area contributed by atoms with Gasteiger partial charge < -0.3 is 14.4 Å². The summed E-state index contributed by atoms with van der Waals surface area (Å²) in [6, 6.07) is 15.8. The molecule has 2 heterocycles. The van der Waals surface area contributed by atoms with Gasteiger partial charge in [0.25, 0.3) is 5.91 Å². The van der Waals surface area contributed by atoms with Gasteiger partial charge in [-0.1, -0.05) is 18.2 Å². The lowest BCUT2D eigenvalue weighted by molar-refractivity contribution is 0.0507. The molecule has 0 bridgehead atoms. The number of carbonyl (C=O) groups excluding carboxylic acids is 1. The largest absolute Gasteiger partial charge is 0.493 e. The van der Waals surface area contributed by atoms with E-state index >= 15 is 0 Å². The van der Waals surface area contributed by atoms with Gasteiger partial charge in [0, 0.05) is 31.7 Å². The van der Waals surface area contributed by atoms with Crippen molar-refractivity contribution in [3.63, 3.8) is 0 Å². The van der Waals surface area contributed by atoms with Gasteiger partial charge in [0.1, 0.15) is 11.6 Å². The van der Waals surface area contributed by atoms with Crippen molar-refractivity contribution in [1.82, 2.24) is 4.90 Å². The normalized spacial score (nSPS) is 15.7. The Balaban J connectivity index is 1.44. The number of hydrogen-bond acceptors (Lipinski definition) is 4. The van der Waals surface area contributed by atoms with E-state index in [0.29, 0.717) is 25.3 Å². The van der Waals surface area contributed by atoms with Crippen LogP contribution >= 0.6 is 11.3 Å². The Morgan fingerprint density at radius 2 is 2.06 bits per heavy atom. The van der Waals surface area contributed by atoms with E-state index in [2.05, 4.69) is 16.8 Å². The van der Waals surface area contributed by atoms with Gasteiger partial charge >= 0.3 is 0 Å². The highest BCUT2D eigenvalue weighted by atomic mass is 32.1. The molecule has 1 aromatic heterocycles. The zero-order chi connectivity index (χ0) is 21.5. The van der Waals surface area contributed by atoms with Crippen LogP contribution in [0, 0.1) is 5.82 Å². The fourth-order valence-corrected chi connectivity index (χ4v) is 4.44. The van der Waals surface area contributed by atoms with Crippen LogP contribution in [0.15, 0.2) is 65.4 Å². The molecule has 4 rings (SSSR count). The van der Waals surface area contributed by atoms with Crippen molar-refractivity contribution < 1.29 is 18.7 Å². The van der Waals surface area contributed by atoms with Crippen molar-refractivity contribution in [1.29, 1.82) is 0 Å². The number of amides is 1. The molecular formula is C25H26FNO3S. The van der Waals surface area contributed by atoms with E-state index in [-0.39, 0.29) is 12.0 Å². The van der Waals surface area contributed by atoms with Gasteiger partial charge in [0.2, 0.25) is 0 Å². The van der Waals surface area contributed by atoms with E-state index < -0.39 is 5.82 Å². The minimum absolute atomic E-state index is 0.0163. The SMILES string of the molecule is O=C(c1cccc(F)c1)N(Cc1cccc(OCCc2ccsc2)c1)C[C@H]1CCCO1. The fraction of sp³-hybridized carbons (Fsp3) is 0.320. The average Bonchev–Trinajstić information content (AvgIpc) is 3.47. The summed E-state index contributed by atoms with van der Waals surface area (Å²) in [7, 11) is 0. The third-order valence-corrected chi connectivity index (χ3v) is 6.05. The fourth-order valence-electron chi connectivity index (χ4n) is 3.73. The minimum atomic E-state index is -0.413. The minimum Gasteiger partial charge on any atom is -0.493 e. The van der Waals surface area contributed by atoms with E-state index in [1.54, 1.807) is 28.4 Å². The molecule has 4 nitrogen and oxygen atoms in total. The summed E-state index contributed by atoms with van der Waals surface area (Å²) < 4.78 is 25.4. The van der Waals surface area contributed by atoms with Gasteiger partial charge in [-0.3, -0.25) is 4.79 Å². The van der Waals surface area contributed by atoms with Crippen LogP contribution in [-0.4, -0.2) is 36.7 Å². The second kappa shape index (κ2) is 10.6. The molecule has 0 aliphatic carbocycles. The second-order valence-corrected chi connectivity index (χ2v) is 8.49. The smallest absolute Gasteiger partial charge is 0.254 e. The molecule has 1 saturated heterocycles. The molecule has 1 aliphatic heterocycles. The monoisotopic (exact) mass is 439 g/mol. The highest BCUT2D eigenvalue weighted by Gasteiger charge is 2.24. The predicted octanol–water partition coefficient (Wildman–Crippen LogP) is 5.33. The molecular weight excluding hydrogens is 413 g/mol. The van der Waals surface area contributed by atoms with Crippen LogP contribution in [0.2, 0.25) is 0 Å². The molecule has 3 aromatic rings. The van der Waals surface area contributed by atoms with E-state index in [9.17, 15) is 9.18 Å². The zero-order valence-electron chi connectivity index (χ0n) is 17.3. The number of hydrogen-bond donors (Lipinski definition) is 0. The van der Waals surface area contributed by atoms with Crippen LogP contribution in [0.5, 0.6) is 5.75 Å². The Bertz CT molecular complexity index is 986. The maximum Gasteiger partial charge on any atom is 0.254 e. The number of thiophene rings is 1. The van der Waals surface area contributed by atoms with Gasteiger partial charge in [-0.25, -0.2) is 4.39 Å². The van der Waals surface area contributed by atoms with Gasteiger partial charge in [-0.05, 0) is 71.1 Å². The van der Waals surface area contributed by atoms with Crippen LogP contribution in [0.3, 0.4) is 0 Å². The van der Waals surface area contributed by atoms with Crippen molar-refractivity contribution in [3.8, 4) is 5.75 Å². The maximum atomic E-state index is 13.7. The number of ether oxygens (including phenoxy) is 2. The summed E-state index contributed by atoms with van der Waals surface area (Å²) in [4.78, 5) is 14.9. The van der Waals surface area contributed by atoms with Crippen molar-refractivity contribution in [2.24, 2.45) is 0 Å². The molecule has 0 spiro atoms. The second-order valence-electron chi connectivity index (χ2n) is 7.71.